The molecule has 1 aromatic carbocycles. The number of hydrogen-bond acceptors (Lipinski definition) is 5. The van der Waals surface area contributed by atoms with Crippen LogP contribution in [0.2, 0.25) is 13.1 Å². The van der Waals surface area contributed by atoms with E-state index in [1.807, 2.05) is 31.4 Å². The highest BCUT2D eigenvalue weighted by atomic mass is 127. The molecule has 0 saturated heterocycles. The summed E-state index contributed by atoms with van der Waals surface area (Å²) in [6, 6.07) is 5.56. The third-order valence-corrected chi connectivity index (χ3v) is 6.33. The molecule has 5 nitrogen and oxygen atoms in total. The molecule has 28 heavy (non-hydrogen) atoms. The second-order valence-electron chi connectivity index (χ2n) is 8.22. The van der Waals surface area contributed by atoms with Crippen molar-refractivity contribution in [3.63, 3.8) is 0 Å². The van der Waals surface area contributed by atoms with Gasteiger partial charge < -0.3 is 9.16 Å². The molecule has 8 heteroatoms. The number of amides is 1. The zero-order valence-electron chi connectivity index (χ0n) is 17.5. The topological polar surface area (TPSA) is 60.5 Å². The Kier molecular flexibility index (Phi) is 8.06. The maximum absolute atomic E-state index is 12.6. The number of benzene rings is 1. The molecule has 0 aliphatic carbocycles. The predicted octanol–water partition coefficient (Wildman–Crippen LogP) is 5.49. The Labute approximate surface area is 187 Å². The third kappa shape index (κ3) is 6.82. The van der Waals surface area contributed by atoms with Crippen molar-refractivity contribution in [3.05, 3.63) is 38.4 Å². The van der Waals surface area contributed by atoms with Crippen molar-refractivity contribution in [2.75, 3.05) is 5.32 Å². The lowest BCUT2D eigenvalue weighted by atomic mass is 9.86. The summed E-state index contributed by atoms with van der Waals surface area (Å²) in [7, 11) is -1.22. The third-order valence-electron chi connectivity index (χ3n) is 3.99. The molecule has 154 valence electrons. The van der Waals surface area contributed by atoms with Gasteiger partial charge in [-0.1, -0.05) is 20.8 Å². The summed E-state index contributed by atoms with van der Waals surface area (Å²) in [6.07, 6.45) is -0.154. The van der Waals surface area contributed by atoms with E-state index in [0.717, 1.165) is 9.26 Å². The van der Waals surface area contributed by atoms with Gasteiger partial charge >= 0.3 is 0 Å². The standard InChI is InChI=1S/C20H29IN2O3SSi/c1-12-11-27-19(22-12)23-18(24)14-8-15(21)10-16(9-14)25-13(2)17(20(3,4)5)26-28(6)7/h8-11,13,17,28H,1-7H3,(H,22,23,24). The van der Waals surface area contributed by atoms with Crippen molar-refractivity contribution >= 4 is 54.0 Å². The molecule has 1 N–H and O–H groups in total. The average molecular weight is 533 g/mol. The summed E-state index contributed by atoms with van der Waals surface area (Å²) in [5.74, 6) is 0.478. The molecule has 1 heterocycles. The first-order valence-corrected chi connectivity index (χ1v) is 14.1. The van der Waals surface area contributed by atoms with Gasteiger partial charge in [0.15, 0.2) is 14.2 Å². The van der Waals surface area contributed by atoms with Crippen LogP contribution in [0.3, 0.4) is 0 Å². The van der Waals surface area contributed by atoms with Crippen LogP contribution in [0.5, 0.6) is 5.75 Å². The van der Waals surface area contributed by atoms with Crippen LogP contribution >= 0.6 is 33.9 Å². The van der Waals surface area contributed by atoms with Gasteiger partial charge in [-0.05, 0) is 73.1 Å². The first-order valence-electron chi connectivity index (χ1n) is 9.32. The quantitative estimate of drug-likeness (QED) is 0.379. The van der Waals surface area contributed by atoms with Gasteiger partial charge in [0.2, 0.25) is 0 Å². The van der Waals surface area contributed by atoms with E-state index in [9.17, 15) is 4.79 Å². The van der Waals surface area contributed by atoms with Crippen LogP contribution in [0.15, 0.2) is 23.6 Å². The van der Waals surface area contributed by atoms with Crippen molar-refractivity contribution in [1.82, 2.24) is 4.98 Å². The largest absolute Gasteiger partial charge is 0.488 e. The monoisotopic (exact) mass is 532 g/mol. The summed E-state index contributed by atoms with van der Waals surface area (Å²) in [5, 5.41) is 5.36. The maximum atomic E-state index is 12.6. The number of halogens is 1. The Balaban J connectivity index is 2.18. The number of aromatic nitrogens is 1. The Morgan fingerprint density at radius 2 is 1.96 bits per heavy atom. The number of nitrogens with zero attached hydrogens (tertiary/aromatic N) is 1. The highest BCUT2D eigenvalue weighted by Gasteiger charge is 2.32. The molecule has 2 unspecified atom stereocenters. The van der Waals surface area contributed by atoms with Gasteiger partial charge in [0.1, 0.15) is 11.9 Å². The molecule has 0 radical (unpaired) electrons. The van der Waals surface area contributed by atoms with Gasteiger partial charge in [0, 0.05) is 14.5 Å². The number of ether oxygens (including phenoxy) is 1. The van der Waals surface area contributed by atoms with Crippen LogP contribution in [-0.4, -0.2) is 32.1 Å². The molecule has 0 saturated carbocycles. The van der Waals surface area contributed by atoms with E-state index in [0.29, 0.717) is 16.4 Å². The highest BCUT2D eigenvalue weighted by Crippen LogP contribution is 2.29. The van der Waals surface area contributed by atoms with Gasteiger partial charge in [0.05, 0.1) is 11.8 Å². The lowest BCUT2D eigenvalue weighted by Gasteiger charge is -2.37. The predicted molar refractivity (Wildman–Crippen MR) is 127 cm³/mol. The van der Waals surface area contributed by atoms with Crippen molar-refractivity contribution in [1.29, 1.82) is 0 Å². The smallest absolute Gasteiger partial charge is 0.257 e. The minimum absolute atomic E-state index is 0.0207. The van der Waals surface area contributed by atoms with Crippen LogP contribution in [0.25, 0.3) is 0 Å². The first kappa shape index (κ1) is 23.3. The number of nitrogens with one attached hydrogen (secondary N) is 1. The number of aryl methyl sites for hydroxylation is 1. The zero-order chi connectivity index (χ0) is 21.1. The minimum atomic E-state index is -1.22. The lowest BCUT2D eigenvalue weighted by Crippen LogP contribution is -2.44. The molecule has 2 rings (SSSR count). The summed E-state index contributed by atoms with van der Waals surface area (Å²) in [5.41, 5.74) is 1.40. The molecule has 0 bridgehead atoms. The van der Waals surface area contributed by atoms with Crippen LogP contribution in [-0.2, 0) is 4.43 Å². The van der Waals surface area contributed by atoms with E-state index in [2.05, 4.69) is 66.8 Å². The second kappa shape index (κ2) is 9.68. The zero-order valence-corrected chi connectivity index (χ0v) is 21.6. The number of carbonyl (C=O) groups is 1. The molecule has 0 spiro atoms. The van der Waals surface area contributed by atoms with E-state index in [-0.39, 0.29) is 23.5 Å². The Morgan fingerprint density at radius 1 is 1.29 bits per heavy atom. The number of anilines is 1. The number of hydrogen-bond donors (Lipinski definition) is 1. The van der Waals surface area contributed by atoms with Crippen LogP contribution in [0, 0.1) is 15.9 Å². The van der Waals surface area contributed by atoms with E-state index in [1.54, 1.807) is 6.07 Å². The normalized spacial score (nSPS) is 14.0. The van der Waals surface area contributed by atoms with Gasteiger partial charge in [0.25, 0.3) is 5.91 Å². The summed E-state index contributed by atoms with van der Waals surface area (Å²) in [6.45, 7) is 14.8. The SMILES string of the molecule is Cc1csc(NC(=O)c2cc(I)cc(OC(C)C(O[SiH](C)C)C(C)(C)C)c2)n1. The maximum Gasteiger partial charge on any atom is 0.257 e. The van der Waals surface area contributed by atoms with Crippen molar-refractivity contribution < 1.29 is 14.0 Å². The molecule has 1 aromatic heterocycles. The molecule has 0 aliphatic rings. The molecular formula is C20H29IN2O3SSi. The van der Waals surface area contributed by atoms with Gasteiger partial charge in [-0.15, -0.1) is 11.3 Å². The first-order chi connectivity index (χ1) is 13.0. The summed E-state index contributed by atoms with van der Waals surface area (Å²) in [4.78, 5) is 16.9. The summed E-state index contributed by atoms with van der Waals surface area (Å²) >= 11 is 3.62. The van der Waals surface area contributed by atoms with Crippen molar-refractivity contribution in [3.8, 4) is 5.75 Å². The van der Waals surface area contributed by atoms with Gasteiger partial charge in [-0.3, -0.25) is 10.1 Å². The van der Waals surface area contributed by atoms with Crippen molar-refractivity contribution in [2.45, 2.75) is 59.9 Å². The number of carbonyl (C=O) groups excluding carboxylic acids is 1. The Hall–Kier alpha value is -0.973. The highest BCUT2D eigenvalue weighted by molar-refractivity contribution is 14.1. The minimum Gasteiger partial charge on any atom is -0.488 e. The number of rotatable bonds is 7. The Bertz CT molecular complexity index is 820. The molecule has 2 aromatic rings. The average Bonchev–Trinajstić information content (AvgIpc) is 2.95. The molecule has 0 fully saturated rings. The van der Waals surface area contributed by atoms with Crippen LogP contribution < -0.4 is 10.1 Å². The fourth-order valence-electron chi connectivity index (χ4n) is 2.93. The van der Waals surface area contributed by atoms with E-state index >= 15 is 0 Å². The summed E-state index contributed by atoms with van der Waals surface area (Å²) < 4.78 is 13.4. The van der Waals surface area contributed by atoms with Crippen molar-refractivity contribution in [2.24, 2.45) is 5.41 Å². The molecular weight excluding hydrogens is 503 g/mol. The van der Waals surface area contributed by atoms with Crippen LogP contribution in [0.1, 0.15) is 43.7 Å². The van der Waals surface area contributed by atoms with E-state index in [4.69, 9.17) is 9.16 Å². The molecule has 2 atom stereocenters. The van der Waals surface area contributed by atoms with E-state index in [1.165, 1.54) is 11.3 Å². The number of thiazole rings is 1. The lowest BCUT2D eigenvalue weighted by molar-refractivity contribution is -0.00622. The van der Waals surface area contributed by atoms with Gasteiger partial charge in [-0.2, -0.15) is 0 Å². The molecule has 1 amide bonds. The molecule has 0 aliphatic heterocycles. The van der Waals surface area contributed by atoms with Gasteiger partial charge in [-0.25, -0.2) is 4.98 Å². The fraction of sp³-hybridized carbons (Fsp3) is 0.500. The second-order valence-corrected chi connectivity index (χ2v) is 12.7. The Morgan fingerprint density at radius 3 is 2.50 bits per heavy atom. The van der Waals surface area contributed by atoms with E-state index < -0.39 is 9.04 Å². The van der Waals surface area contributed by atoms with Crippen LogP contribution in [0.4, 0.5) is 5.13 Å². The fourth-order valence-corrected chi connectivity index (χ4v) is 5.47.